The summed E-state index contributed by atoms with van der Waals surface area (Å²) in [6, 6.07) is 5.78. The summed E-state index contributed by atoms with van der Waals surface area (Å²) >= 11 is 6.32. The Bertz CT molecular complexity index is 513. The third-order valence-corrected chi connectivity index (χ3v) is 3.15. The zero-order chi connectivity index (χ0) is 13.7. The average molecular weight is 280 g/mol. The number of hydrogen-bond acceptors (Lipinski definition) is 4. The topological polar surface area (TPSA) is 41.3 Å². The molecule has 2 aromatic heterocycles. The molecule has 0 fully saturated rings. The van der Waals surface area contributed by atoms with Gasteiger partial charge in [-0.2, -0.15) is 0 Å². The quantitative estimate of drug-likeness (QED) is 0.882. The Hall–Kier alpha value is -1.52. The average Bonchev–Trinajstić information content (AvgIpc) is 2.90. The SMILES string of the molecule is CCN(Cc1ccco1)c1ncc(CNC)cc1Cl. The van der Waals surface area contributed by atoms with Crippen LogP contribution in [0.1, 0.15) is 18.2 Å². The molecule has 0 aliphatic rings. The molecule has 0 saturated heterocycles. The van der Waals surface area contributed by atoms with Crippen LogP contribution in [0, 0.1) is 0 Å². The van der Waals surface area contributed by atoms with E-state index in [4.69, 9.17) is 16.0 Å². The molecule has 2 aromatic rings. The van der Waals surface area contributed by atoms with Crippen molar-refractivity contribution >= 4 is 17.4 Å². The molecule has 0 amide bonds. The van der Waals surface area contributed by atoms with Gasteiger partial charge in [0.05, 0.1) is 17.8 Å². The van der Waals surface area contributed by atoms with E-state index in [9.17, 15) is 0 Å². The maximum atomic E-state index is 6.32. The Labute approximate surface area is 118 Å². The molecule has 1 N–H and O–H groups in total. The first-order valence-electron chi connectivity index (χ1n) is 6.31. The van der Waals surface area contributed by atoms with Gasteiger partial charge in [0.15, 0.2) is 0 Å². The molecule has 0 unspecified atom stereocenters. The summed E-state index contributed by atoms with van der Waals surface area (Å²) in [4.78, 5) is 6.55. The van der Waals surface area contributed by atoms with Crippen LogP contribution in [-0.4, -0.2) is 18.6 Å². The number of anilines is 1. The van der Waals surface area contributed by atoms with Crippen LogP contribution in [0.25, 0.3) is 0 Å². The molecule has 0 atom stereocenters. The minimum atomic E-state index is 0.668. The molecule has 19 heavy (non-hydrogen) atoms. The van der Waals surface area contributed by atoms with Gasteiger partial charge < -0.3 is 14.6 Å². The Morgan fingerprint density at radius 1 is 1.47 bits per heavy atom. The van der Waals surface area contributed by atoms with Crippen LogP contribution >= 0.6 is 11.6 Å². The highest BCUT2D eigenvalue weighted by Gasteiger charge is 2.12. The third-order valence-electron chi connectivity index (χ3n) is 2.87. The first kappa shape index (κ1) is 13.9. The standard InChI is InChI=1S/C14H18ClN3O/c1-3-18(10-12-5-4-6-19-12)14-13(15)7-11(8-16-2)9-17-14/h4-7,9,16H,3,8,10H2,1-2H3. The van der Waals surface area contributed by atoms with Crippen LogP contribution in [0.5, 0.6) is 0 Å². The molecule has 0 bridgehead atoms. The highest BCUT2D eigenvalue weighted by Crippen LogP contribution is 2.25. The van der Waals surface area contributed by atoms with Crippen LogP contribution in [0.2, 0.25) is 5.02 Å². The zero-order valence-electron chi connectivity index (χ0n) is 11.2. The Morgan fingerprint density at radius 3 is 2.89 bits per heavy atom. The summed E-state index contributed by atoms with van der Waals surface area (Å²) in [5.74, 6) is 1.69. The van der Waals surface area contributed by atoms with Gasteiger partial charge in [-0.05, 0) is 37.7 Å². The number of pyridine rings is 1. The fourth-order valence-corrected chi connectivity index (χ4v) is 2.24. The molecule has 0 aliphatic carbocycles. The molecule has 102 valence electrons. The van der Waals surface area contributed by atoms with Crippen molar-refractivity contribution in [2.24, 2.45) is 0 Å². The van der Waals surface area contributed by atoms with E-state index in [1.54, 1.807) is 6.26 Å². The predicted octanol–water partition coefficient (Wildman–Crippen LogP) is 3.07. The molecule has 0 radical (unpaired) electrons. The number of furan rings is 1. The fourth-order valence-electron chi connectivity index (χ4n) is 1.93. The van der Waals surface area contributed by atoms with Gasteiger partial charge in [0.2, 0.25) is 0 Å². The van der Waals surface area contributed by atoms with E-state index >= 15 is 0 Å². The number of nitrogens with one attached hydrogen (secondary N) is 1. The van der Waals surface area contributed by atoms with E-state index in [0.717, 1.165) is 30.2 Å². The van der Waals surface area contributed by atoms with Crippen LogP contribution in [0.4, 0.5) is 5.82 Å². The number of halogens is 1. The van der Waals surface area contributed by atoms with E-state index in [2.05, 4.69) is 22.1 Å². The molecule has 0 saturated carbocycles. The van der Waals surface area contributed by atoms with Gasteiger partial charge in [-0.25, -0.2) is 4.98 Å². The minimum absolute atomic E-state index is 0.668. The summed E-state index contributed by atoms with van der Waals surface area (Å²) in [6.07, 6.45) is 3.52. The smallest absolute Gasteiger partial charge is 0.147 e. The van der Waals surface area contributed by atoms with Crippen molar-refractivity contribution < 1.29 is 4.42 Å². The minimum Gasteiger partial charge on any atom is -0.467 e. The van der Waals surface area contributed by atoms with Crippen LogP contribution in [0.15, 0.2) is 35.1 Å². The van der Waals surface area contributed by atoms with E-state index in [1.165, 1.54) is 0 Å². The van der Waals surface area contributed by atoms with Gasteiger partial charge in [0, 0.05) is 19.3 Å². The van der Waals surface area contributed by atoms with Gasteiger partial charge in [-0.3, -0.25) is 0 Å². The summed E-state index contributed by atoms with van der Waals surface area (Å²) in [6.45, 7) is 4.32. The zero-order valence-corrected chi connectivity index (χ0v) is 11.9. The lowest BCUT2D eigenvalue weighted by molar-refractivity contribution is 0.503. The van der Waals surface area contributed by atoms with Crippen LogP contribution < -0.4 is 10.2 Å². The number of hydrogen-bond donors (Lipinski definition) is 1. The molecule has 4 nitrogen and oxygen atoms in total. The summed E-state index contributed by atoms with van der Waals surface area (Å²) < 4.78 is 5.37. The first-order valence-corrected chi connectivity index (χ1v) is 6.68. The molecular weight excluding hydrogens is 262 g/mol. The van der Waals surface area contributed by atoms with Gasteiger partial charge in [-0.1, -0.05) is 11.6 Å². The molecular formula is C14H18ClN3O. The molecule has 2 rings (SSSR count). The van der Waals surface area contributed by atoms with Gasteiger partial charge in [-0.15, -0.1) is 0 Å². The van der Waals surface area contributed by atoms with Crippen molar-refractivity contribution in [3.05, 3.63) is 47.0 Å². The highest BCUT2D eigenvalue weighted by atomic mass is 35.5. The Morgan fingerprint density at radius 2 is 2.32 bits per heavy atom. The van der Waals surface area contributed by atoms with Crippen molar-refractivity contribution in [1.82, 2.24) is 10.3 Å². The van der Waals surface area contributed by atoms with Gasteiger partial charge in [0.25, 0.3) is 0 Å². The Balaban J connectivity index is 2.18. The molecule has 0 aliphatic heterocycles. The highest BCUT2D eigenvalue weighted by molar-refractivity contribution is 6.33. The van der Waals surface area contributed by atoms with Gasteiger partial charge in [0.1, 0.15) is 11.6 Å². The lowest BCUT2D eigenvalue weighted by atomic mass is 10.2. The molecule has 0 spiro atoms. The van der Waals surface area contributed by atoms with Crippen molar-refractivity contribution in [1.29, 1.82) is 0 Å². The number of aromatic nitrogens is 1. The number of nitrogens with zero attached hydrogens (tertiary/aromatic N) is 2. The van der Waals surface area contributed by atoms with E-state index in [-0.39, 0.29) is 0 Å². The van der Waals surface area contributed by atoms with E-state index in [0.29, 0.717) is 11.6 Å². The van der Waals surface area contributed by atoms with Crippen LogP contribution in [-0.2, 0) is 13.1 Å². The van der Waals surface area contributed by atoms with Crippen LogP contribution in [0.3, 0.4) is 0 Å². The van der Waals surface area contributed by atoms with E-state index < -0.39 is 0 Å². The second-order valence-electron chi connectivity index (χ2n) is 4.27. The second kappa shape index (κ2) is 6.59. The van der Waals surface area contributed by atoms with Crippen molar-refractivity contribution in [2.45, 2.75) is 20.0 Å². The Kier molecular flexibility index (Phi) is 4.82. The maximum absolute atomic E-state index is 6.32. The largest absolute Gasteiger partial charge is 0.467 e. The second-order valence-corrected chi connectivity index (χ2v) is 4.68. The molecule has 0 aromatic carbocycles. The van der Waals surface area contributed by atoms with E-state index in [1.807, 2.05) is 31.4 Å². The lowest BCUT2D eigenvalue weighted by Gasteiger charge is -2.22. The maximum Gasteiger partial charge on any atom is 0.147 e. The normalized spacial score (nSPS) is 10.7. The molecule has 2 heterocycles. The number of rotatable bonds is 6. The molecule has 5 heteroatoms. The van der Waals surface area contributed by atoms with Crippen molar-refractivity contribution in [3.8, 4) is 0 Å². The van der Waals surface area contributed by atoms with Crippen molar-refractivity contribution in [2.75, 3.05) is 18.5 Å². The van der Waals surface area contributed by atoms with Gasteiger partial charge >= 0.3 is 0 Å². The first-order chi connectivity index (χ1) is 9.24. The fraction of sp³-hybridized carbons (Fsp3) is 0.357. The third kappa shape index (κ3) is 3.49. The van der Waals surface area contributed by atoms with Crippen molar-refractivity contribution in [3.63, 3.8) is 0 Å². The monoisotopic (exact) mass is 279 g/mol. The predicted molar refractivity (Wildman–Crippen MR) is 77.4 cm³/mol. The summed E-state index contributed by atoms with van der Waals surface area (Å²) in [5, 5.41) is 3.75. The summed E-state index contributed by atoms with van der Waals surface area (Å²) in [5.41, 5.74) is 1.07. The summed E-state index contributed by atoms with van der Waals surface area (Å²) in [7, 11) is 1.90. The lowest BCUT2D eigenvalue weighted by Crippen LogP contribution is -2.23.